The number of rotatable bonds is 0. The molecule has 0 aliphatic heterocycles. The fraction of sp³-hybridized carbons (Fsp3) is 0. The molecule has 0 aromatic carbocycles. The van der Waals surface area contributed by atoms with Crippen molar-refractivity contribution in [2.45, 2.75) is 0 Å². The van der Waals surface area contributed by atoms with E-state index in [1.807, 2.05) is 18.2 Å². The Labute approximate surface area is 64.9 Å². The fourth-order valence-electron chi connectivity index (χ4n) is 1.03. The van der Waals surface area contributed by atoms with Crippen LogP contribution in [0.4, 0.5) is 0 Å². The van der Waals surface area contributed by atoms with Gasteiger partial charge in [0.1, 0.15) is 0 Å². The maximum atomic E-state index is 4.16. The standard InChI is InChI=1S/C9H7N2/c1-7-4-6-10-8-3-2-5-11-9(7)8/h2-6H,1H2. The maximum absolute atomic E-state index is 4.16. The molecule has 2 aromatic heterocycles. The van der Waals surface area contributed by atoms with Crippen LogP contribution < -0.4 is 0 Å². The summed E-state index contributed by atoms with van der Waals surface area (Å²) in [6.45, 7) is 3.85. The Morgan fingerprint density at radius 2 is 2.00 bits per heavy atom. The van der Waals surface area contributed by atoms with Gasteiger partial charge in [0.05, 0.1) is 11.0 Å². The van der Waals surface area contributed by atoms with Gasteiger partial charge in [-0.2, -0.15) is 0 Å². The third-order valence-corrected chi connectivity index (χ3v) is 1.58. The highest BCUT2D eigenvalue weighted by molar-refractivity contribution is 5.77. The van der Waals surface area contributed by atoms with Crippen LogP contribution in [0.3, 0.4) is 0 Å². The van der Waals surface area contributed by atoms with E-state index in [1.165, 1.54) is 0 Å². The number of fused-ring (bicyclic) bond motifs is 1. The van der Waals surface area contributed by atoms with E-state index >= 15 is 0 Å². The van der Waals surface area contributed by atoms with Crippen LogP contribution in [-0.2, 0) is 0 Å². The van der Waals surface area contributed by atoms with Crippen LogP contribution in [0.2, 0.25) is 0 Å². The van der Waals surface area contributed by atoms with Crippen molar-refractivity contribution < 1.29 is 0 Å². The van der Waals surface area contributed by atoms with Gasteiger partial charge >= 0.3 is 0 Å². The summed E-state index contributed by atoms with van der Waals surface area (Å²) in [6.07, 6.45) is 3.49. The van der Waals surface area contributed by atoms with Crippen molar-refractivity contribution in [2.75, 3.05) is 0 Å². The molecule has 0 bridgehead atoms. The lowest BCUT2D eigenvalue weighted by Gasteiger charge is -1.96. The first kappa shape index (κ1) is 6.28. The van der Waals surface area contributed by atoms with Crippen LogP contribution in [0.15, 0.2) is 30.6 Å². The van der Waals surface area contributed by atoms with E-state index in [-0.39, 0.29) is 0 Å². The molecule has 0 spiro atoms. The SMILES string of the molecule is [CH2]c1ccnc2cccnc12. The molecule has 2 aromatic rings. The smallest absolute Gasteiger partial charge is 0.0918 e. The topological polar surface area (TPSA) is 25.8 Å². The molecule has 11 heavy (non-hydrogen) atoms. The van der Waals surface area contributed by atoms with Crippen LogP contribution in [0.1, 0.15) is 5.56 Å². The minimum Gasteiger partial charge on any atom is -0.255 e. The van der Waals surface area contributed by atoms with E-state index in [0.717, 1.165) is 16.6 Å². The average molecular weight is 143 g/mol. The van der Waals surface area contributed by atoms with E-state index in [1.54, 1.807) is 12.4 Å². The molecule has 0 saturated heterocycles. The monoisotopic (exact) mass is 143 g/mol. The first-order valence-electron chi connectivity index (χ1n) is 3.39. The molecule has 2 heteroatoms. The van der Waals surface area contributed by atoms with Crippen molar-refractivity contribution in [2.24, 2.45) is 0 Å². The van der Waals surface area contributed by atoms with Gasteiger partial charge in [-0.3, -0.25) is 9.97 Å². The average Bonchev–Trinajstić information content (AvgIpc) is 2.06. The third kappa shape index (κ3) is 0.963. The number of pyridine rings is 2. The maximum Gasteiger partial charge on any atom is 0.0918 e. The fourth-order valence-corrected chi connectivity index (χ4v) is 1.03. The predicted octanol–water partition coefficient (Wildman–Crippen LogP) is 1.81. The van der Waals surface area contributed by atoms with Gasteiger partial charge in [0, 0.05) is 12.4 Å². The molecule has 0 fully saturated rings. The summed E-state index contributed by atoms with van der Waals surface area (Å²) < 4.78 is 0. The van der Waals surface area contributed by atoms with Crippen LogP contribution in [0.25, 0.3) is 11.0 Å². The van der Waals surface area contributed by atoms with E-state index in [0.29, 0.717) is 0 Å². The van der Waals surface area contributed by atoms with Crippen molar-refractivity contribution in [3.8, 4) is 0 Å². The van der Waals surface area contributed by atoms with E-state index < -0.39 is 0 Å². The molecule has 0 saturated carbocycles. The molecule has 0 atom stereocenters. The van der Waals surface area contributed by atoms with Crippen molar-refractivity contribution >= 4 is 11.0 Å². The minimum absolute atomic E-state index is 0.884. The molecular formula is C9H7N2. The van der Waals surface area contributed by atoms with Crippen LogP contribution in [0, 0.1) is 6.92 Å². The first-order valence-corrected chi connectivity index (χ1v) is 3.39. The molecule has 0 amide bonds. The summed E-state index contributed by atoms with van der Waals surface area (Å²) in [6, 6.07) is 5.65. The molecule has 0 unspecified atom stereocenters. The molecule has 2 heterocycles. The highest BCUT2D eigenvalue weighted by Gasteiger charge is 1.95. The minimum atomic E-state index is 0.884. The number of hydrogen-bond donors (Lipinski definition) is 0. The molecular weight excluding hydrogens is 136 g/mol. The van der Waals surface area contributed by atoms with Crippen LogP contribution in [-0.4, -0.2) is 9.97 Å². The summed E-state index contributed by atoms with van der Waals surface area (Å²) in [4.78, 5) is 8.30. The lowest BCUT2D eigenvalue weighted by Crippen LogP contribution is -1.83. The number of nitrogens with zero attached hydrogens (tertiary/aromatic N) is 2. The second-order valence-corrected chi connectivity index (χ2v) is 2.34. The summed E-state index contributed by atoms with van der Waals surface area (Å²) in [5, 5.41) is 0. The molecule has 1 radical (unpaired) electrons. The number of hydrogen-bond acceptors (Lipinski definition) is 2. The molecule has 2 rings (SSSR count). The Morgan fingerprint density at radius 1 is 1.09 bits per heavy atom. The second kappa shape index (κ2) is 2.31. The van der Waals surface area contributed by atoms with Crippen molar-refractivity contribution in [3.63, 3.8) is 0 Å². The Morgan fingerprint density at radius 3 is 2.82 bits per heavy atom. The Bertz CT molecular complexity index is 377. The van der Waals surface area contributed by atoms with Gasteiger partial charge in [-0.25, -0.2) is 0 Å². The van der Waals surface area contributed by atoms with E-state index in [9.17, 15) is 0 Å². The predicted molar refractivity (Wildman–Crippen MR) is 44.0 cm³/mol. The molecule has 53 valence electrons. The Balaban J connectivity index is 2.91. The Hall–Kier alpha value is -1.44. The molecule has 0 N–H and O–H groups in total. The lowest BCUT2D eigenvalue weighted by atomic mass is 10.2. The summed E-state index contributed by atoms with van der Waals surface area (Å²) >= 11 is 0. The zero-order chi connectivity index (χ0) is 7.68. The van der Waals surface area contributed by atoms with Crippen molar-refractivity contribution in [3.05, 3.63) is 43.1 Å². The third-order valence-electron chi connectivity index (χ3n) is 1.58. The van der Waals surface area contributed by atoms with Crippen molar-refractivity contribution in [1.82, 2.24) is 9.97 Å². The lowest BCUT2D eigenvalue weighted by molar-refractivity contribution is 1.32. The summed E-state index contributed by atoms with van der Waals surface area (Å²) in [7, 11) is 0. The highest BCUT2D eigenvalue weighted by Crippen LogP contribution is 2.10. The molecule has 0 aliphatic carbocycles. The van der Waals surface area contributed by atoms with Gasteiger partial charge in [0.2, 0.25) is 0 Å². The Kier molecular flexibility index (Phi) is 1.32. The van der Waals surface area contributed by atoms with Gasteiger partial charge in [0.25, 0.3) is 0 Å². The van der Waals surface area contributed by atoms with Gasteiger partial charge in [-0.1, -0.05) is 0 Å². The van der Waals surface area contributed by atoms with Crippen LogP contribution >= 0.6 is 0 Å². The molecule has 2 nitrogen and oxygen atoms in total. The van der Waals surface area contributed by atoms with E-state index in [4.69, 9.17) is 0 Å². The highest BCUT2D eigenvalue weighted by atomic mass is 14.7. The summed E-state index contributed by atoms with van der Waals surface area (Å²) in [5.74, 6) is 0. The zero-order valence-electron chi connectivity index (χ0n) is 5.99. The zero-order valence-corrected chi connectivity index (χ0v) is 5.99. The van der Waals surface area contributed by atoms with Crippen LogP contribution in [0.5, 0.6) is 0 Å². The second-order valence-electron chi connectivity index (χ2n) is 2.34. The number of aromatic nitrogens is 2. The first-order chi connectivity index (χ1) is 5.38. The van der Waals surface area contributed by atoms with Crippen molar-refractivity contribution in [1.29, 1.82) is 0 Å². The van der Waals surface area contributed by atoms with E-state index in [2.05, 4.69) is 16.9 Å². The van der Waals surface area contributed by atoms with Gasteiger partial charge < -0.3 is 0 Å². The summed E-state index contributed by atoms with van der Waals surface area (Å²) in [5.41, 5.74) is 2.71. The van der Waals surface area contributed by atoms with Gasteiger partial charge in [0.15, 0.2) is 0 Å². The normalized spacial score (nSPS) is 10.3. The quantitative estimate of drug-likeness (QED) is 0.562. The van der Waals surface area contributed by atoms with Gasteiger partial charge in [-0.15, -0.1) is 0 Å². The largest absolute Gasteiger partial charge is 0.255 e. The molecule has 0 aliphatic rings. The van der Waals surface area contributed by atoms with Gasteiger partial charge in [-0.05, 0) is 30.7 Å².